The molecule has 0 atom stereocenters. The normalized spacial score (nSPS) is 11.6. The molecule has 1 aromatic carbocycles. The minimum Gasteiger partial charge on any atom is -0.339 e. The van der Waals surface area contributed by atoms with Crippen LogP contribution >= 0.6 is 11.6 Å². The van der Waals surface area contributed by atoms with Crippen molar-refractivity contribution < 1.29 is 4.79 Å². The lowest BCUT2D eigenvalue weighted by Crippen LogP contribution is -2.13. The third-order valence-electron chi connectivity index (χ3n) is 4.30. The van der Waals surface area contributed by atoms with Crippen molar-refractivity contribution in [3.05, 3.63) is 77.7 Å². The van der Waals surface area contributed by atoms with Crippen molar-refractivity contribution in [2.75, 3.05) is 36.7 Å². The highest BCUT2D eigenvalue weighted by Crippen LogP contribution is 2.25. The van der Waals surface area contributed by atoms with E-state index in [1.54, 1.807) is 30.6 Å². The number of hydrogen-bond acceptors (Lipinski definition) is 8. The van der Waals surface area contributed by atoms with Crippen LogP contribution in [0.4, 0.5) is 23.1 Å². The second-order valence-corrected chi connectivity index (χ2v) is 7.70. The van der Waals surface area contributed by atoms with E-state index in [4.69, 9.17) is 11.6 Å². The molecule has 3 N–H and O–H groups in total. The quantitative estimate of drug-likeness (QED) is 0.248. The van der Waals surface area contributed by atoms with Crippen molar-refractivity contribution in [3.8, 4) is 0 Å². The number of hydrazone groups is 1. The lowest BCUT2D eigenvalue weighted by Gasteiger charge is -2.10. The molecule has 0 fully saturated rings. The topological polar surface area (TPSA) is 107 Å². The third-order valence-corrected chi connectivity index (χ3v) is 4.58. The lowest BCUT2D eigenvalue weighted by atomic mass is 10.2. The zero-order valence-electron chi connectivity index (χ0n) is 18.6. The number of anilines is 4. The molecule has 0 aliphatic rings. The van der Waals surface area contributed by atoms with Crippen molar-refractivity contribution in [3.63, 3.8) is 0 Å². The Hall–Kier alpha value is -3.82. The molecular weight excluding hydrogens is 440 g/mol. The summed E-state index contributed by atoms with van der Waals surface area (Å²) < 4.78 is 0. The zero-order chi connectivity index (χ0) is 23.6. The van der Waals surface area contributed by atoms with Gasteiger partial charge in [-0.05, 0) is 51.4 Å². The van der Waals surface area contributed by atoms with Gasteiger partial charge in [0.25, 0.3) is 0 Å². The molecular formula is C23H25ClN8O. The van der Waals surface area contributed by atoms with Crippen LogP contribution in [0.25, 0.3) is 0 Å². The predicted molar refractivity (Wildman–Crippen MR) is 133 cm³/mol. The minimum atomic E-state index is -0.206. The molecule has 10 heteroatoms. The smallest absolute Gasteiger partial charge is 0.248 e. The van der Waals surface area contributed by atoms with Gasteiger partial charge in [0.1, 0.15) is 5.02 Å². The summed E-state index contributed by atoms with van der Waals surface area (Å²) in [4.78, 5) is 26.6. The highest BCUT2D eigenvalue weighted by molar-refractivity contribution is 6.32. The maximum absolute atomic E-state index is 12.1. The highest BCUT2D eigenvalue weighted by Gasteiger charge is 2.07. The van der Waals surface area contributed by atoms with Crippen molar-refractivity contribution in [2.24, 2.45) is 5.10 Å². The summed E-state index contributed by atoms with van der Waals surface area (Å²) >= 11 is 6.27. The largest absolute Gasteiger partial charge is 0.339 e. The first-order valence-corrected chi connectivity index (χ1v) is 10.5. The Morgan fingerprint density at radius 1 is 1.18 bits per heavy atom. The number of pyridine rings is 1. The maximum Gasteiger partial charge on any atom is 0.248 e. The number of benzene rings is 1. The monoisotopic (exact) mass is 464 g/mol. The molecule has 0 bridgehead atoms. The Morgan fingerprint density at radius 2 is 1.94 bits per heavy atom. The predicted octanol–water partition coefficient (Wildman–Crippen LogP) is 4.16. The molecule has 0 aliphatic heterocycles. The highest BCUT2D eigenvalue weighted by atomic mass is 35.5. The molecule has 1 amide bonds. The SMILES string of the molecule is C/C(=N\Nc1ncc(Cl)c(Nc2cccc(NC(=O)/C=C/CN(C)C)c2)n1)c1ccncc1. The van der Waals surface area contributed by atoms with Crippen LogP contribution in [-0.4, -0.2) is 52.1 Å². The van der Waals surface area contributed by atoms with Gasteiger partial charge in [0, 0.05) is 42.0 Å². The van der Waals surface area contributed by atoms with Gasteiger partial charge in [-0.1, -0.05) is 23.7 Å². The molecule has 0 unspecified atom stereocenters. The van der Waals surface area contributed by atoms with Crippen LogP contribution in [0, 0.1) is 0 Å². The van der Waals surface area contributed by atoms with Crippen LogP contribution in [0.3, 0.4) is 0 Å². The van der Waals surface area contributed by atoms with E-state index in [0.717, 1.165) is 11.3 Å². The number of halogens is 1. The molecule has 2 heterocycles. The van der Waals surface area contributed by atoms with Crippen LogP contribution in [0.5, 0.6) is 0 Å². The molecule has 9 nitrogen and oxygen atoms in total. The van der Waals surface area contributed by atoms with Crippen LogP contribution in [0.2, 0.25) is 5.02 Å². The van der Waals surface area contributed by atoms with Crippen LogP contribution in [0.15, 0.2) is 72.2 Å². The standard InChI is InChI=1S/C23H25ClN8O/c1-16(17-9-11-25-12-10-17)30-31-23-26-15-20(24)22(29-23)28-19-7-4-6-18(14-19)27-21(33)8-5-13-32(2)3/h4-12,14-15H,13H2,1-3H3,(H,27,33)(H2,26,28,29,31)/b8-5+,30-16+. The Bertz CT molecular complexity index is 1150. The second-order valence-electron chi connectivity index (χ2n) is 7.29. The first-order valence-electron chi connectivity index (χ1n) is 10.1. The Kier molecular flexibility index (Phi) is 8.45. The Balaban J connectivity index is 1.67. The van der Waals surface area contributed by atoms with E-state index >= 15 is 0 Å². The second kappa shape index (κ2) is 11.7. The number of aromatic nitrogens is 3. The Labute approximate surface area is 197 Å². The molecule has 170 valence electrons. The van der Waals surface area contributed by atoms with Gasteiger partial charge in [-0.3, -0.25) is 9.78 Å². The summed E-state index contributed by atoms with van der Waals surface area (Å²) in [6, 6.07) is 11.0. The van der Waals surface area contributed by atoms with Crippen molar-refractivity contribution in [2.45, 2.75) is 6.92 Å². The fraction of sp³-hybridized carbons (Fsp3) is 0.174. The number of carbonyl (C=O) groups excluding carboxylic acids is 1. The summed E-state index contributed by atoms with van der Waals surface area (Å²) in [5.41, 5.74) is 5.87. The fourth-order valence-corrected chi connectivity index (χ4v) is 2.80. The third kappa shape index (κ3) is 7.67. The number of rotatable bonds is 9. The number of hydrogen-bond donors (Lipinski definition) is 3. The van der Waals surface area contributed by atoms with E-state index in [9.17, 15) is 4.79 Å². The van der Waals surface area contributed by atoms with E-state index < -0.39 is 0 Å². The van der Waals surface area contributed by atoms with Crippen LogP contribution in [-0.2, 0) is 4.79 Å². The fourth-order valence-electron chi connectivity index (χ4n) is 2.67. The Morgan fingerprint density at radius 3 is 2.70 bits per heavy atom. The molecule has 3 rings (SSSR count). The van der Waals surface area contributed by atoms with E-state index in [0.29, 0.717) is 28.8 Å². The molecule has 0 saturated heterocycles. The molecule has 33 heavy (non-hydrogen) atoms. The van der Waals surface area contributed by atoms with Crippen molar-refractivity contribution in [1.82, 2.24) is 19.9 Å². The number of nitrogens with zero attached hydrogens (tertiary/aromatic N) is 5. The van der Waals surface area contributed by atoms with Gasteiger partial charge in [-0.15, -0.1) is 0 Å². The van der Waals surface area contributed by atoms with E-state index in [1.807, 2.05) is 50.2 Å². The van der Waals surface area contributed by atoms with Crippen molar-refractivity contribution in [1.29, 1.82) is 0 Å². The van der Waals surface area contributed by atoms with Gasteiger partial charge in [0.05, 0.1) is 11.9 Å². The van der Waals surface area contributed by atoms with E-state index in [2.05, 4.69) is 36.1 Å². The minimum absolute atomic E-state index is 0.206. The van der Waals surface area contributed by atoms with Crippen molar-refractivity contribution >= 4 is 46.4 Å². The molecule has 0 radical (unpaired) electrons. The van der Waals surface area contributed by atoms with Crippen LogP contribution in [0.1, 0.15) is 12.5 Å². The average Bonchev–Trinajstić information content (AvgIpc) is 2.80. The van der Waals surface area contributed by atoms with Gasteiger partial charge in [-0.2, -0.15) is 10.1 Å². The number of carbonyl (C=O) groups is 1. The first kappa shape index (κ1) is 23.8. The summed E-state index contributed by atoms with van der Waals surface area (Å²) in [5, 5.41) is 10.6. The average molecular weight is 465 g/mol. The van der Waals surface area contributed by atoms with Crippen LogP contribution < -0.4 is 16.1 Å². The summed E-state index contributed by atoms with van der Waals surface area (Å²) in [6.45, 7) is 2.55. The maximum atomic E-state index is 12.1. The number of likely N-dealkylation sites (N-methyl/N-ethyl adjacent to an activating group) is 1. The lowest BCUT2D eigenvalue weighted by molar-refractivity contribution is -0.111. The first-order chi connectivity index (χ1) is 15.9. The molecule has 2 aromatic heterocycles. The summed E-state index contributed by atoms with van der Waals surface area (Å²) in [5.74, 6) is 0.481. The summed E-state index contributed by atoms with van der Waals surface area (Å²) in [7, 11) is 3.87. The summed E-state index contributed by atoms with van der Waals surface area (Å²) in [6.07, 6.45) is 8.19. The number of amides is 1. The molecule has 3 aromatic rings. The van der Waals surface area contributed by atoms with E-state index in [-0.39, 0.29) is 11.9 Å². The molecule has 0 aliphatic carbocycles. The van der Waals surface area contributed by atoms with Gasteiger partial charge in [-0.25, -0.2) is 10.4 Å². The number of nitrogens with one attached hydrogen (secondary N) is 3. The van der Waals surface area contributed by atoms with Gasteiger partial charge in [0.2, 0.25) is 11.9 Å². The zero-order valence-corrected chi connectivity index (χ0v) is 19.3. The van der Waals surface area contributed by atoms with Gasteiger partial charge < -0.3 is 15.5 Å². The van der Waals surface area contributed by atoms with Gasteiger partial charge >= 0.3 is 0 Å². The molecule has 0 saturated carbocycles. The van der Waals surface area contributed by atoms with E-state index in [1.165, 1.54) is 12.3 Å². The van der Waals surface area contributed by atoms with Gasteiger partial charge in [0.15, 0.2) is 5.82 Å². The molecule has 0 spiro atoms.